The predicted octanol–water partition coefficient (Wildman–Crippen LogP) is 3.91. The quantitative estimate of drug-likeness (QED) is 0.379. The number of aromatic nitrogens is 1. The summed E-state index contributed by atoms with van der Waals surface area (Å²) in [6, 6.07) is 13.3. The van der Waals surface area contributed by atoms with Crippen molar-refractivity contribution in [1.29, 1.82) is 0 Å². The molecule has 4 heterocycles. The molecule has 1 spiro atoms. The number of nitrogens with one attached hydrogen (secondary N) is 1. The molecule has 204 valence electrons. The Morgan fingerprint density at radius 1 is 1.18 bits per heavy atom. The first-order chi connectivity index (χ1) is 18.7. The third-order valence-corrected chi connectivity index (χ3v) is 10.9. The standard InChI is InChI=1S/C27H27FN4O5S2/c1-30-21-12-19(37-2)9-10-20(21)24-25(30)22(13-33)32(26(34)29-18-7-5-17(28)6-8-18)16-27(24)14-31(15-27)39(35,36)23-4-3-11-38-23/h3-12,22,33H,13-16H2,1-2H3,(H,29,34)/t22-/m1/s1. The van der Waals surface area contributed by atoms with Gasteiger partial charge in [0, 0.05) is 54.9 Å². The molecule has 2 aromatic carbocycles. The summed E-state index contributed by atoms with van der Waals surface area (Å²) in [7, 11) is -0.224. The number of aryl methyl sites for hydroxylation is 1. The minimum atomic E-state index is -3.68. The van der Waals surface area contributed by atoms with Crippen LogP contribution in [0, 0.1) is 5.82 Å². The lowest BCUT2D eigenvalue weighted by atomic mass is 9.70. The van der Waals surface area contributed by atoms with Crippen LogP contribution in [-0.2, 0) is 22.5 Å². The fraction of sp³-hybridized carbons (Fsp3) is 0.296. The first kappa shape index (κ1) is 25.8. The van der Waals surface area contributed by atoms with Gasteiger partial charge in [0.05, 0.1) is 25.3 Å². The number of aliphatic hydroxyl groups excluding tert-OH is 1. The maximum Gasteiger partial charge on any atom is 0.322 e. The van der Waals surface area contributed by atoms with Crippen LogP contribution in [0.4, 0.5) is 14.9 Å². The van der Waals surface area contributed by atoms with E-state index in [9.17, 15) is 22.7 Å². The maximum atomic E-state index is 13.6. The molecule has 39 heavy (non-hydrogen) atoms. The summed E-state index contributed by atoms with van der Waals surface area (Å²) in [6.07, 6.45) is 0. The third kappa shape index (κ3) is 4.01. The van der Waals surface area contributed by atoms with Crippen molar-refractivity contribution in [1.82, 2.24) is 13.8 Å². The summed E-state index contributed by atoms with van der Waals surface area (Å²) < 4.78 is 49.2. The van der Waals surface area contributed by atoms with Gasteiger partial charge < -0.3 is 24.6 Å². The zero-order valence-electron chi connectivity index (χ0n) is 21.3. The molecule has 2 aromatic heterocycles. The number of amides is 2. The Kier molecular flexibility index (Phi) is 6.18. The number of thiophene rings is 1. The number of anilines is 1. The fourth-order valence-electron chi connectivity index (χ4n) is 5.89. The van der Waals surface area contributed by atoms with E-state index in [2.05, 4.69) is 5.32 Å². The SMILES string of the molecule is COc1ccc2c3c(n(C)c2c1)[C@@H](CO)N(C(=O)Nc1ccc(F)cc1)CC31CN(S(=O)(=O)c2cccs2)C1. The number of halogens is 1. The molecular weight excluding hydrogens is 543 g/mol. The van der Waals surface area contributed by atoms with Gasteiger partial charge in [0.2, 0.25) is 0 Å². The smallest absolute Gasteiger partial charge is 0.322 e. The van der Waals surface area contributed by atoms with Gasteiger partial charge in [-0.05, 0) is 53.4 Å². The monoisotopic (exact) mass is 570 g/mol. The van der Waals surface area contributed by atoms with Crippen LogP contribution in [0.2, 0.25) is 0 Å². The van der Waals surface area contributed by atoms with E-state index < -0.39 is 33.3 Å². The van der Waals surface area contributed by atoms with E-state index >= 15 is 0 Å². The van der Waals surface area contributed by atoms with Crippen molar-refractivity contribution in [2.45, 2.75) is 15.7 Å². The number of hydrogen-bond acceptors (Lipinski definition) is 6. The molecule has 4 aromatic rings. The largest absolute Gasteiger partial charge is 0.497 e. The number of rotatable bonds is 5. The van der Waals surface area contributed by atoms with E-state index in [4.69, 9.17) is 4.74 Å². The molecule has 0 unspecified atom stereocenters. The number of fused-ring (bicyclic) bond motifs is 4. The second kappa shape index (κ2) is 9.33. The van der Waals surface area contributed by atoms with E-state index in [0.29, 0.717) is 11.4 Å². The van der Waals surface area contributed by atoms with Crippen molar-refractivity contribution in [3.63, 3.8) is 0 Å². The van der Waals surface area contributed by atoms with Gasteiger partial charge in [-0.15, -0.1) is 11.3 Å². The van der Waals surface area contributed by atoms with E-state index in [-0.39, 0.29) is 30.5 Å². The van der Waals surface area contributed by atoms with Gasteiger partial charge in [-0.1, -0.05) is 6.07 Å². The van der Waals surface area contributed by atoms with Crippen LogP contribution >= 0.6 is 11.3 Å². The van der Waals surface area contributed by atoms with Gasteiger partial charge in [-0.25, -0.2) is 17.6 Å². The molecule has 6 rings (SSSR count). The number of methoxy groups -OCH3 is 1. The van der Waals surface area contributed by atoms with E-state index in [1.165, 1.54) is 39.9 Å². The Labute approximate surface area is 229 Å². The number of benzene rings is 2. The van der Waals surface area contributed by atoms with Crippen molar-refractivity contribution >= 4 is 44.0 Å². The Morgan fingerprint density at radius 3 is 2.56 bits per heavy atom. The first-order valence-corrected chi connectivity index (χ1v) is 14.6. The zero-order valence-corrected chi connectivity index (χ0v) is 22.9. The van der Waals surface area contributed by atoms with Crippen LogP contribution in [0.3, 0.4) is 0 Å². The summed E-state index contributed by atoms with van der Waals surface area (Å²) in [4.78, 5) is 15.2. The normalized spacial score (nSPS) is 18.7. The van der Waals surface area contributed by atoms with Crippen LogP contribution in [-0.4, -0.2) is 66.7 Å². The van der Waals surface area contributed by atoms with Gasteiger partial charge in [0.25, 0.3) is 10.0 Å². The summed E-state index contributed by atoms with van der Waals surface area (Å²) in [5.74, 6) is 0.242. The van der Waals surface area contributed by atoms with Crippen LogP contribution < -0.4 is 10.1 Å². The number of aliphatic hydroxyl groups is 1. The highest BCUT2D eigenvalue weighted by Gasteiger charge is 2.57. The van der Waals surface area contributed by atoms with Gasteiger partial charge >= 0.3 is 6.03 Å². The number of urea groups is 1. The number of sulfonamides is 1. The van der Waals surface area contributed by atoms with Crippen LogP contribution in [0.5, 0.6) is 5.75 Å². The number of ether oxygens (including phenoxy) is 1. The molecule has 1 saturated heterocycles. The second-order valence-corrected chi connectivity index (χ2v) is 13.1. The third-order valence-electron chi connectivity index (χ3n) is 7.72. The Bertz CT molecular complexity index is 1660. The number of nitrogens with zero attached hydrogens (tertiary/aromatic N) is 3. The van der Waals surface area contributed by atoms with Crippen LogP contribution in [0.1, 0.15) is 17.3 Å². The Morgan fingerprint density at radius 2 is 1.92 bits per heavy atom. The number of carbonyl (C=O) groups excluding carboxylic acids is 1. The van der Waals surface area contributed by atoms with Gasteiger partial charge in [-0.3, -0.25) is 0 Å². The minimum Gasteiger partial charge on any atom is -0.497 e. The van der Waals surface area contributed by atoms with Crippen molar-refractivity contribution in [2.75, 3.05) is 38.7 Å². The lowest BCUT2D eigenvalue weighted by Gasteiger charge is -2.55. The predicted molar refractivity (Wildman–Crippen MR) is 146 cm³/mol. The Balaban J connectivity index is 1.45. The molecule has 1 atom stereocenters. The average molecular weight is 571 g/mol. The van der Waals surface area contributed by atoms with Gasteiger partial charge in [-0.2, -0.15) is 4.31 Å². The van der Waals surface area contributed by atoms with Gasteiger partial charge in [0.1, 0.15) is 15.8 Å². The number of carbonyl (C=O) groups is 1. The zero-order chi connectivity index (χ0) is 27.5. The molecule has 2 aliphatic rings. The first-order valence-electron chi connectivity index (χ1n) is 12.3. The Hall–Kier alpha value is -3.45. The topological polar surface area (TPSA) is 104 Å². The van der Waals surface area contributed by atoms with E-state index in [1.54, 1.807) is 29.5 Å². The molecule has 1 fully saturated rings. The highest BCUT2D eigenvalue weighted by Crippen LogP contribution is 2.51. The van der Waals surface area contributed by atoms with E-state index in [0.717, 1.165) is 22.2 Å². The molecule has 2 N–H and O–H groups in total. The molecular formula is C27H27FN4O5S2. The summed E-state index contributed by atoms with van der Waals surface area (Å²) in [5, 5.41) is 16.0. The van der Waals surface area contributed by atoms with Crippen molar-refractivity contribution in [3.8, 4) is 5.75 Å². The maximum absolute atomic E-state index is 13.6. The van der Waals surface area contributed by atoms with Crippen LogP contribution in [0.15, 0.2) is 64.2 Å². The lowest BCUT2D eigenvalue weighted by molar-refractivity contribution is 0.0536. The van der Waals surface area contributed by atoms with Crippen molar-refractivity contribution < 1.29 is 27.4 Å². The van der Waals surface area contributed by atoms with Crippen LogP contribution in [0.25, 0.3) is 10.9 Å². The molecule has 0 saturated carbocycles. The average Bonchev–Trinajstić information content (AvgIpc) is 3.56. The van der Waals surface area contributed by atoms with Crippen molar-refractivity contribution in [3.05, 3.63) is 77.1 Å². The fourth-order valence-corrected chi connectivity index (χ4v) is 8.65. The van der Waals surface area contributed by atoms with Gasteiger partial charge in [0.15, 0.2) is 0 Å². The molecule has 12 heteroatoms. The summed E-state index contributed by atoms with van der Waals surface area (Å²) in [5.41, 5.74) is 2.26. The highest BCUT2D eigenvalue weighted by atomic mass is 32.2. The summed E-state index contributed by atoms with van der Waals surface area (Å²) in [6.45, 7) is 0.228. The number of hydrogen-bond donors (Lipinski definition) is 2. The molecule has 0 bridgehead atoms. The van der Waals surface area contributed by atoms with E-state index in [1.807, 2.05) is 29.8 Å². The molecule has 0 radical (unpaired) electrons. The summed E-state index contributed by atoms with van der Waals surface area (Å²) >= 11 is 1.17. The molecule has 2 aliphatic heterocycles. The molecule has 2 amide bonds. The lowest BCUT2D eigenvalue weighted by Crippen LogP contribution is -2.68. The van der Waals surface area contributed by atoms with Crippen molar-refractivity contribution in [2.24, 2.45) is 7.05 Å². The molecule has 9 nitrogen and oxygen atoms in total. The highest BCUT2D eigenvalue weighted by molar-refractivity contribution is 7.91. The molecule has 0 aliphatic carbocycles. The second-order valence-electron chi connectivity index (χ2n) is 9.95. The minimum absolute atomic E-state index is 0.184.